The van der Waals surface area contributed by atoms with Gasteiger partial charge in [-0.05, 0) is 69.5 Å². The number of ether oxygens (including phenoxy) is 3. The summed E-state index contributed by atoms with van der Waals surface area (Å²) >= 11 is 0. The Morgan fingerprint density at radius 3 is 2.39 bits per heavy atom. The van der Waals surface area contributed by atoms with Gasteiger partial charge in [0.2, 0.25) is 0 Å². The zero-order valence-corrected chi connectivity index (χ0v) is 19.1. The molecule has 1 heterocycles. The first-order chi connectivity index (χ1) is 15.1. The zero-order valence-electron chi connectivity index (χ0n) is 19.1. The van der Waals surface area contributed by atoms with Crippen LogP contribution >= 0.6 is 0 Å². The summed E-state index contributed by atoms with van der Waals surface area (Å²) < 4.78 is 16.6. The number of piperidine rings is 1. The van der Waals surface area contributed by atoms with Crippen molar-refractivity contribution >= 4 is 5.97 Å². The van der Waals surface area contributed by atoms with E-state index in [-0.39, 0.29) is 5.97 Å². The van der Waals surface area contributed by atoms with E-state index in [1.165, 1.54) is 11.1 Å². The summed E-state index contributed by atoms with van der Waals surface area (Å²) in [6, 6.07) is 16.6. The molecule has 0 radical (unpaired) electrons. The molecule has 3 rings (SSSR count). The highest BCUT2D eigenvalue weighted by Gasteiger charge is 2.42. The fourth-order valence-electron chi connectivity index (χ4n) is 4.38. The van der Waals surface area contributed by atoms with Gasteiger partial charge in [-0.3, -0.25) is 9.69 Å². The maximum Gasteiger partial charge on any atom is 0.312 e. The fraction of sp³-hybridized carbons (Fsp3) is 0.500. The lowest BCUT2D eigenvalue weighted by molar-refractivity contribution is -0.158. The van der Waals surface area contributed by atoms with Crippen LogP contribution in [0.15, 0.2) is 48.5 Å². The maximum absolute atomic E-state index is 12.9. The Balaban J connectivity index is 1.68. The molecule has 2 aromatic carbocycles. The van der Waals surface area contributed by atoms with Crippen LogP contribution in [0.2, 0.25) is 0 Å². The maximum atomic E-state index is 12.9. The van der Waals surface area contributed by atoms with E-state index in [1.807, 2.05) is 38.1 Å². The van der Waals surface area contributed by atoms with Gasteiger partial charge in [0.15, 0.2) is 0 Å². The predicted octanol–water partition coefficient (Wildman–Crippen LogP) is 4.62. The summed E-state index contributed by atoms with van der Waals surface area (Å²) in [5.74, 6) is 0.807. The summed E-state index contributed by atoms with van der Waals surface area (Å²) in [7, 11) is 1.69. The Labute approximate surface area is 186 Å². The highest BCUT2D eigenvalue weighted by Crippen LogP contribution is 2.37. The lowest BCUT2D eigenvalue weighted by atomic mass is 9.73. The molecule has 1 aliphatic rings. The topological polar surface area (TPSA) is 48.0 Å². The molecule has 0 atom stereocenters. The van der Waals surface area contributed by atoms with E-state index in [0.717, 1.165) is 50.2 Å². The summed E-state index contributed by atoms with van der Waals surface area (Å²) in [6.07, 6.45) is 2.35. The number of nitrogens with zero attached hydrogens (tertiary/aromatic N) is 1. The molecule has 0 unspecified atom stereocenters. The van der Waals surface area contributed by atoms with Gasteiger partial charge in [0.25, 0.3) is 0 Å². The van der Waals surface area contributed by atoms with Gasteiger partial charge in [-0.1, -0.05) is 36.4 Å². The van der Waals surface area contributed by atoms with Crippen molar-refractivity contribution < 1.29 is 19.0 Å². The van der Waals surface area contributed by atoms with Crippen LogP contribution < -0.4 is 4.74 Å². The molecule has 1 saturated heterocycles. The molecule has 2 aromatic rings. The van der Waals surface area contributed by atoms with Crippen molar-refractivity contribution in [2.24, 2.45) is 5.41 Å². The monoisotopic (exact) mass is 425 g/mol. The van der Waals surface area contributed by atoms with Crippen molar-refractivity contribution in [2.45, 2.75) is 46.3 Å². The standard InChI is InChI=1S/C26H35NO4/c1-4-30-20-23-17-22(11-12-24(23)29-3)19-27-15-13-26(14-16-27,25(28)31-5-2)18-21-9-7-6-8-10-21/h6-12,17H,4-5,13-16,18-20H2,1-3H3. The van der Waals surface area contributed by atoms with E-state index in [2.05, 4.69) is 29.2 Å². The van der Waals surface area contributed by atoms with Crippen LogP contribution in [-0.2, 0) is 33.8 Å². The first kappa shape index (κ1) is 23.3. The lowest BCUT2D eigenvalue weighted by Gasteiger charge is -2.40. The first-order valence-electron chi connectivity index (χ1n) is 11.3. The molecule has 0 aromatic heterocycles. The summed E-state index contributed by atoms with van der Waals surface area (Å²) in [5.41, 5.74) is 3.07. The van der Waals surface area contributed by atoms with E-state index < -0.39 is 5.41 Å². The third-order valence-corrected chi connectivity index (χ3v) is 6.12. The number of carbonyl (C=O) groups excluding carboxylic acids is 1. The smallest absolute Gasteiger partial charge is 0.312 e. The zero-order chi connectivity index (χ0) is 22.1. The van der Waals surface area contributed by atoms with Gasteiger partial charge in [-0.2, -0.15) is 0 Å². The van der Waals surface area contributed by atoms with Gasteiger partial charge >= 0.3 is 5.97 Å². The van der Waals surface area contributed by atoms with Gasteiger partial charge in [0, 0.05) is 18.7 Å². The highest BCUT2D eigenvalue weighted by molar-refractivity contribution is 5.77. The van der Waals surface area contributed by atoms with E-state index in [4.69, 9.17) is 14.2 Å². The van der Waals surface area contributed by atoms with Crippen LogP contribution in [0, 0.1) is 5.41 Å². The number of hydrogen-bond acceptors (Lipinski definition) is 5. The first-order valence-corrected chi connectivity index (χ1v) is 11.3. The Hall–Kier alpha value is -2.37. The van der Waals surface area contributed by atoms with E-state index in [9.17, 15) is 4.79 Å². The quantitative estimate of drug-likeness (QED) is 0.520. The van der Waals surface area contributed by atoms with Gasteiger partial charge in [-0.25, -0.2) is 0 Å². The fourth-order valence-corrected chi connectivity index (χ4v) is 4.38. The van der Waals surface area contributed by atoms with Crippen LogP contribution in [-0.4, -0.2) is 44.3 Å². The number of benzene rings is 2. The largest absolute Gasteiger partial charge is 0.496 e. The number of likely N-dealkylation sites (tertiary alicyclic amines) is 1. The molecule has 5 nitrogen and oxygen atoms in total. The minimum absolute atomic E-state index is 0.0537. The van der Waals surface area contributed by atoms with E-state index in [0.29, 0.717) is 19.8 Å². The third kappa shape index (κ3) is 6.08. The van der Waals surface area contributed by atoms with Crippen molar-refractivity contribution in [3.05, 3.63) is 65.2 Å². The van der Waals surface area contributed by atoms with Gasteiger partial charge < -0.3 is 14.2 Å². The Morgan fingerprint density at radius 2 is 1.74 bits per heavy atom. The average Bonchev–Trinajstić information content (AvgIpc) is 2.80. The molecule has 31 heavy (non-hydrogen) atoms. The Bertz CT molecular complexity index is 829. The van der Waals surface area contributed by atoms with Gasteiger partial charge in [0.1, 0.15) is 5.75 Å². The second-order valence-corrected chi connectivity index (χ2v) is 8.22. The molecule has 5 heteroatoms. The SMILES string of the molecule is CCOCc1cc(CN2CCC(Cc3ccccc3)(C(=O)OCC)CC2)ccc1OC. The number of esters is 1. The molecule has 0 aliphatic carbocycles. The molecule has 168 valence electrons. The minimum Gasteiger partial charge on any atom is -0.496 e. The summed E-state index contributed by atoms with van der Waals surface area (Å²) in [4.78, 5) is 15.4. The molecular formula is C26H35NO4. The minimum atomic E-state index is -0.437. The second kappa shape index (κ2) is 11.3. The third-order valence-electron chi connectivity index (χ3n) is 6.12. The van der Waals surface area contributed by atoms with Crippen molar-refractivity contribution in [2.75, 3.05) is 33.4 Å². The van der Waals surface area contributed by atoms with Gasteiger partial charge in [0.05, 0.1) is 25.7 Å². The summed E-state index contributed by atoms with van der Waals surface area (Å²) in [5, 5.41) is 0. The van der Waals surface area contributed by atoms with Crippen LogP contribution in [0.25, 0.3) is 0 Å². The number of rotatable bonds is 10. The Kier molecular flexibility index (Phi) is 8.50. The van der Waals surface area contributed by atoms with Crippen LogP contribution in [0.5, 0.6) is 5.75 Å². The normalized spacial score (nSPS) is 16.1. The van der Waals surface area contributed by atoms with Crippen molar-refractivity contribution in [3.8, 4) is 5.75 Å². The van der Waals surface area contributed by atoms with E-state index in [1.54, 1.807) is 7.11 Å². The molecular weight excluding hydrogens is 390 g/mol. The number of hydrogen-bond donors (Lipinski definition) is 0. The van der Waals surface area contributed by atoms with E-state index >= 15 is 0 Å². The number of methoxy groups -OCH3 is 1. The van der Waals surface area contributed by atoms with Crippen molar-refractivity contribution in [3.63, 3.8) is 0 Å². The molecule has 0 bridgehead atoms. The van der Waals surface area contributed by atoms with Crippen molar-refractivity contribution in [1.29, 1.82) is 0 Å². The molecule has 0 saturated carbocycles. The predicted molar refractivity (Wildman–Crippen MR) is 122 cm³/mol. The molecule has 0 amide bonds. The lowest BCUT2D eigenvalue weighted by Crippen LogP contribution is -2.46. The van der Waals surface area contributed by atoms with Gasteiger partial charge in [-0.15, -0.1) is 0 Å². The molecule has 0 spiro atoms. The van der Waals surface area contributed by atoms with Crippen LogP contribution in [0.1, 0.15) is 43.4 Å². The molecule has 1 aliphatic heterocycles. The van der Waals surface area contributed by atoms with Crippen LogP contribution in [0.3, 0.4) is 0 Å². The average molecular weight is 426 g/mol. The second-order valence-electron chi connectivity index (χ2n) is 8.22. The van der Waals surface area contributed by atoms with Crippen molar-refractivity contribution in [1.82, 2.24) is 4.90 Å². The van der Waals surface area contributed by atoms with Crippen LogP contribution in [0.4, 0.5) is 0 Å². The number of carbonyl (C=O) groups is 1. The highest BCUT2D eigenvalue weighted by atomic mass is 16.5. The summed E-state index contributed by atoms with van der Waals surface area (Å²) in [6.45, 7) is 8.13. The Morgan fingerprint density at radius 1 is 1.00 bits per heavy atom. The molecule has 0 N–H and O–H groups in total. The molecule has 1 fully saturated rings.